The summed E-state index contributed by atoms with van der Waals surface area (Å²) in [6.07, 6.45) is 1.77. The van der Waals surface area contributed by atoms with Crippen LogP contribution in [0, 0.1) is 0 Å². The van der Waals surface area contributed by atoms with Crippen LogP contribution in [-0.4, -0.2) is 27.8 Å². The normalized spacial score (nSPS) is 19.4. The fraction of sp³-hybridized carbons (Fsp3) is 0.364. The molecule has 1 aliphatic heterocycles. The van der Waals surface area contributed by atoms with Gasteiger partial charge in [-0.1, -0.05) is 35.0 Å². The lowest BCUT2D eigenvalue weighted by Gasteiger charge is -2.16. The van der Waals surface area contributed by atoms with Crippen LogP contribution in [0.25, 0.3) is 0 Å². The molecule has 7 heteroatoms. The Morgan fingerprint density at radius 1 is 1.56 bits per heavy atom. The van der Waals surface area contributed by atoms with Crippen LogP contribution in [0.2, 0.25) is 10.0 Å². The van der Waals surface area contributed by atoms with Crippen LogP contribution in [-0.2, 0) is 9.59 Å². The number of pyridine rings is 1. The summed E-state index contributed by atoms with van der Waals surface area (Å²) in [4.78, 5) is 28.5. The molecule has 1 aromatic rings. The van der Waals surface area contributed by atoms with Crippen molar-refractivity contribution >= 4 is 51.8 Å². The number of amides is 1. The van der Waals surface area contributed by atoms with Gasteiger partial charge in [-0.3, -0.25) is 14.5 Å². The molecule has 1 saturated heterocycles. The van der Waals surface area contributed by atoms with Gasteiger partial charge in [-0.2, -0.15) is 0 Å². The van der Waals surface area contributed by atoms with E-state index in [9.17, 15) is 9.59 Å². The summed E-state index contributed by atoms with van der Waals surface area (Å²) in [6.45, 7) is 1.93. The Labute approximate surface area is 119 Å². The molecule has 0 bridgehead atoms. The zero-order valence-electron chi connectivity index (χ0n) is 9.52. The van der Waals surface area contributed by atoms with E-state index in [1.54, 1.807) is 6.07 Å². The van der Waals surface area contributed by atoms with Crippen LogP contribution in [0.15, 0.2) is 12.3 Å². The lowest BCUT2D eigenvalue weighted by atomic mass is 10.4. The third-order valence-corrected chi connectivity index (χ3v) is 3.93. The Morgan fingerprint density at radius 2 is 2.28 bits per heavy atom. The molecular formula is C11H10Cl2N2O2S. The predicted octanol–water partition coefficient (Wildman–Crippen LogP) is 2.77. The molecule has 96 valence electrons. The largest absolute Gasteiger partial charge is 0.294 e. The molecule has 2 heterocycles. The smallest absolute Gasteiger partial charge is 0.229 e. The van der Waals surface area contributed by atoms with Gasteiger partial charge in [0.05, 0.1) is 10.0 Å². The monoisotopic (exact) mass is 304 g/mol. The first-order chi connectivity index (χ1) is 8.47. The second-order valence-corrected chi connectivity index (χ2v) is 6.22. The first-order valence-corrected chi connectivity index (χ1v) is 6.89. The predicted molar refractivity (Wildman–Crippen MR) is 73.3 cm³/mol. The van der Waals surface area contributed by atoms with Gasteiger partial charge in [-0.25, -0.2) is 4.98 Å². The highest BCUT2D eigenvalue weighted by molar-refractivity contribution is 8.14. The van der Waals surface area contributed by atoms with Crippen LogP contribution in [0.5, 0.6) is 0 Å². The van der Waals surface area contributed by atoms with Gasteiger partial charge in [0.25, 0.3) is 0 Å². The Morgan fingerprint density at radius 3 is 2.89 bits per heavy atom. The summed E-state index contributed by atoms with van der Waals surface area (Å²) in [5, 5.41) is 0.725. The van der Waals surface area contributed by atoms with Crippen molar-refractivity contribution in [2.75, 3.05) is 11.4 Å². The molecule has 4 nitrogen and oxygen atoms in total. The van der Waals surface area contributed by atoms with E-state index in [1.807, 2.05) is 0 Å². The number of rotatable bonds is 2. The van der Waals surface area contributed by atoms with Crippen molar-refractivity contribution in [3.8, 4) is 0 Å². The first-order valence-electron chi connectivity index (χ1n) is 5.26. The molecule has 1 unspecified atom stereocenters. The Hall–Kier alpha value is -0.780. The van der Waals surface area contributed by atoms with Crippen LogP contribution in [0.4, 0.5) is 5.82 Å². The molecular weight excluding hydrogens is 295 g/mol. The number of thioether (sulfide) groups is 1. The number of hydrogen-bond acceptors (Lipinski definition) is 4. The van der Waals surface area contributed by atoms with Gasteiger partial charge in [0.1, 0.15) is 0 Å². The van der Waals surface area contributed by atoms with Crippen molar-refractivity contribution in [2.45, 2.75) is 18.6 Å². The average molecular weight is 305 g/mol. The third kappa shape index (κ3) is 2.96. The summed E-state index contributed by atoms with van der Waals surface area (Å²) in [7, 11) is 0. The number of hydrogen-bond donors (Lipinski definition) is 0. The molecule has 1 aliphatic rings. The van der Waals surface area contributed by atoms with Gasteiger partial charge in [0, 0.05) is 31.3 Å². The van der Waals surface area contributed by atoms with E-state index in [0.29, 0.717) is 28.8 Å². The molecule has 0 aromatic carbocycles. The van der Waals surface area contributed by atoms with Crippen molar-refractivity contribution in [3.63, 3.8) is 0 Å². The average Bonchev–Trinajstić information content (AvgIpc) is 2.58. The second-order valence-electron chi connectivity index (χ2n) is 3.90. The molecule has 1 aromatic heterocycles. The molecule has 0 spiro atoms. The van der Waals surface area contributed by atoms with E-state index in [0.717, 1.165) is 0 Å². The molecule has 18 heavy (non-hydrogen) atoms. The second kappa shape index (κ2) is 5.47. The van der Waals surface area contributed by atoms with Crippen LogP contribution >= 0.6 is 35.0 Å². The lowest BCUT2D eigenvalue weighted by Crippen LogP contribution is -2.26. The summed E-state index contributed by atoms with van der Waals surface area (Å²) in [6, 6.07) is 1.55. The molecule has 1 amide bonds. The van der Waals surface area contributed by atoms with E-state index >= 15 is 0 Å². The lowest BCUT2D eigenvalue weighted by molar-refractivity contribution is -0.117. The third-order valence-electron chi connectivity index (χ3n) is 2.47. The van der Waals surface area contributed by atoms with Crippen molar-refractivity contribution in [3.05, 3.63) is 22.3 Å². The fourth-order valence-corrected chi connectivity index (χ4v) is 3.20. The topological polar surface area (TPSA) is 50.3 Å². The summed E-state index contributed by atoms with van der Waals surface area (Å²) < 4.78 is 0. The zero-order valence-corrected chi connectivity index (χ0v) is 11.8. The maximum Gasteiger partial charge on any atom is 0.229 e. The number of aromatic nitrogens is 1. The highest BCUT2D eigenvalue weighted by atomic mass is 35.5. The highest BCUT2D eigenvalue weighted by Gasteiger charge is 2.33. The van der Waals surface area contributed by atoms with E-state index in [2.05, 4.69) is 4.98 Å². The summed E-state index contributed by atoms with van der Waals surface area (Å²) >= 11 is 12.9. The highest BCUT2D eigenvalue weighted by Crippen LogP contribution is 2.32. The molecule has 0 N–H and O–H groups in total. The minimum absolute atomic E-state index is 0.00446. The van der Waals surface area contributed by atoms with Gasteiger partial charge in [-0.15, -0.1) is 0 Å². The van der Waals surface area contributed by atoms with Crippen LogP contribution < -0.4 is 4.90 Å². The number of carbonyl (C=O) groups excluding carboxylic acids is 2. The standard InChI is InChI=1S/C11H10Cl2N2O2S/c1-6(16)18-8-3-10(17)15(5-8)11-9(13)2-7(12)4-14-11/h2,4,8H,3,5H2,1H3. The summed E-state index contributed by atoms with van der Waals surface area (Å²) in [5.41, 5.74) is 0. The van der Waals surface area contributed by atoms with Gasteiger partial charge in [-0.05, 0) is 6.07 Å². The number of halogens is 2. The Kier molecular flexibility index (Phi) is 4.14. The van der Waals surface area contributed by atoms with Gasteiger partial charge >= 0.3 is 0 Å². The minimum Gasteiger partial charge on any atom is -0.294 e. The maximum absolute atomic E-state index is 11.9. The van der Waals surface area contributed by atoms with E-state index in [-0.39, 0.29) is 16.3 Å². The van der Waals surface area contributed by atoms with Crippen LogP contribution in [0.1, 0.15) is 13.3 Å². The number of anilines is 1. The van der Waals surface area contributed by atoms with Crippen molar-refractivity contribution in [2.24, 2.45) is 0 Å². The van der Waals surface area contributed by atoms with Gasteiger partial charge < -0.3 is 0 Å². The molecule has 0 saturated carbocycles. The Bertz CT molecular complexity index is 510. The summed E-state index contributed by atoms with van der Waals surface area (Å²) in [5.74, 6) is 0.322. The van der Waals surface area contributed by atoms with Crippen molar-refractivity contribution < 1.29 is 9.59 Å². The quantitative estimate of drug-likeness (QED) is 0.843. The van der Waals surface area contributed by atoms with E-state index in [1.165, 1.54) is 29.8 Å². The van der Waals surface area contributed by atoms with Gasteiger partial charge in [0.2, 0.25) is 5.91 Å². The SMILES string of the molecule is CC(=O)SC1CC(=O)N(c2ncc(Cl)cc2Cl)C1. The minimum atomic E-state index is -0.0783. The Balaban J connectivity index is 2.19. The maximum atomic E-state index is 11.9. The molecule has 1 fully saturated rings. The molecule has 2 rings (SSSR count). The fourth-order valence-electron chi connectivity index (χ4n) is 1.80. The van der Waals surface area contributed by atoms with Crippen LogP contribution in [0.3, 0.4) is 0 Å². The van der Waals surface area contributed by atoms with Crippen molar-refractivity contribution in [1.29, 1.82) is 0 Å². The van der Waals surface area contributed by atoms with E-state index in [4.69, 9.17) is 23.2 Å². The molecule has 1 atom stereocenters. The van der Waals surface area contributed by atoms with Crippen molar-refractivity contribution in [1.82, 2.24) is 4.98 Å². The number of carbonyl (C=O) groups is 2. The molecule has 0 radical (unpaired) electrons. The van der Waals surface area contributed by atoms with Gasteiger partial charge in [0.15, 0.2) is 10.9 Å². The molecule has 0 aliphatic carbocycles. The zero-order chi connectivity index (χ0) is 13.3. The van der Waals surface area contributed by atoms with E-state index < -0.39 is 0 Å². The number of nitrogens with zero attached hydrogens (tertiary/aromatic N) is 2. The first kappa shape index (κ1) is 13.6.